The molecule has 4 nitrogen and oxygen atoms in total. The molecule has 0 aliphatic carbocycles. The highest BCUT2D eigenvalue weighted by Crippen LogP contribution is 2.45. The monoisotopic (exact) mass is 384 g/mol. The Kier molecular flexibility index (Phi) is 3.90. The molecule has 0 atom stereocenters. The predicted molar refractivity (Wildman–Crippen MR) is 102 cm³/mol. The second-order valence-electron chi connectivity index (χ2n) is 6.20. The first-order valence-corrected chi connectivity index (χ1v) is 8.72. The lowest BCUT2D eigenvalue weighted by molar-refractivity contribution is -0.123. The Morgan fingerprint density at radius 2 is 1.08 bits per heavy atom. The summed E-state index contributed by atoms with van der Waals surface area (Å²) in [6.45, 7) is 0. The molecule has 0 unspecified atom stereocenters. The summed E-state index contributed by atoms with van der Waals surface area (Å²) < 4.78 is 0. The van der Waals surface area contributed by atoms with Gasteiger partial charge in [-0.25, -0.2) is 0 Å². The Morgan fingerprint density at radius 1 is 0.692 bits per heavy atom. The van der Waals surface area contributed by atoms with E-state index in [0.29, 0.717) is 32.6 Å². The molecular weight excluding hydrogens is 371 g/mol. The molecule has 0 bridgehead atoms. The summed E-state index contributed by atoms with van der Waals surface area (Å²) in [6, 6.07) is 14.3. The molecule has 130 valence electrons. The predicted octanol–water partition coefficient (Wildman–Crippen LogP) is 4.06. The Bertz CT molecular complexity index is 956. The number of hydrogen-bond acceptors (Lipinski definition) is 2. The van der Waals surface area contributed by atoms with Gasteiger partial charge in [0.1, 0.15) is 0 Å². The van der Waals surface area contributed by atoms with E-state index in [-0.39, 0.29) is 11.8 Å². The van der Waals surface area contributed by atoms with Gasteiger partial charge in [-0.3, -0.25) is 9.59 Å². The number of rotatable bonds is 2. The minimum atomic E-state index is -0.220. The van der Waals surface area contributed by atoms with Gasteiger partial charge < -0.3 is 9.80 Å². The molecule has 26 heavy (non-hydrogen) atoms. The van der Waals surface area contributed by atoms with Crippen molar-refractivity contribution in [2.24, 2.45) is 0 Å². The zero-order valence-corrected chi connectivity index (χ0v) is 15.6. The maximum absolute atomic E-state index is 13.0. The summed E-state index contributed by atoms with van der Waals surface area (Å²) >= 11 is 12.2. The van der Waals surface area contributed by atoms with Crippen molar-refractivity contribution in [1.29, 1.82) is 0 Å². The summed E-state index contributed by atoms with van der Waals surface area (Å²) in [4.78, 5) is 29.0. The van der Waals surface area contributed by atoms with Crippen molar-refractivity contribution in [3.8, 4) is 0 Å². The van der Waals surface area contributed by atoms with Crippen LogP contribution in [0.2, 0.25) is 10.0 Å². The van der Waals surface area contributed by atoms with Crippen LogP contribution in [0.3, 0.4) is 0 Å². The molecule has 2 amide bonds. The van der Waals surface area contributed by atoms with Crippen LogP contribution in [0.5, 0.6) is 0 Å². The van der Waals surface area contributed by atoms with Gasteiger partial charge in [0.25, 0.3) is 11.8 Å². The van der Waals surface area contributed by atoms with Crippen LogP contribution in [0, 0.1) is 0 Å². The van der Waals surface area contributed by atoms with E-state index in [0.717, 1.165) is 11.1 Å². The van der Waals surface area contributed by atoms with Crippen LogP contribution in [0.15, 0.2) is 59.7 Å². The Balaban J connectivity index is 2.01. The number of benzene rings is 2. The van der Waals surface area contributed by atoms with Crippen molar-refractivity contribution in [2.45, 2.75) is 0 Å². The molecule has 0 N–H and O–H groups in total. The average molecular weight is 385 g/mol. The first-order chi connectivity index (χ1) is 12.4. The molecule has 6 heteroatoms. The third kappa shape index (κ3) is 2.37. The minimum absolute atomic E-state index is 0.220. The van der Waals surface area contributed by atoms with Gasteiger partial charge in [-0.05, 0) is 24.3 Å². The number of amides is 2. The summed E-state index contributed by atoms with van der Waals surface area (Å²) in [7, 11) is 3.33. The normalized spacial score (nSPS) is 16.9. The highest BCUT2D eigenvalue weighted by Gasteiger charge is 2.46. The van der Waals surface area contributed by atoms with E-state index in [1.807, 2.05) is 12.1 Å². The number of carbonyl (C=O) groups excluding carboxylic acids is 2. The van der Waals surface area contributed by atoms with Crippen LogP contribution in [0.4, 0.5) is 0 Å². The first kappa shape index (κ1) is 16.9. The zero-order valence-electron chi connectivity index (χ0n) is 14.1. The molecule has 2 heterocycles. The minimum Gasteiger partial charge on any atom is -0.310 e. The second-order valence-corrected chi connectivity index (χ2v) is 7.07. The van der Waals surface area contributed by atoms with Crippen molar-refractivity contribution >= 4 is 46.4 Å². The summed E-state index contributed by atoms with van der Waals surface area (Å²) in [5.74, 6) is -0.440. The topological polar surface area (TPSA) is 40.6 Å². The van der Waals surface area contributed by atoms with E-state index in [1.165, 1.54) is 9.80 Å². The Hall–Kier alpha value is -2.56. The van der Waals surface area contributed by atoms with Gasteiger partial charge >= 0.3 is 0 Å². The van der Waals surface area contributed by atoms with E-state index >= 15 is 0 Å². The standard InChI is InChI=1S/C20H14Cl2N2O2/c1-23-17(11-5-3-7-13(21)9-11)15-16(19(23)25)18(24(2)20(15)26)12-6-4-8-14(22)10-12/h3-10H,1-2H3. The fraction of sp³-hybridized carbons (Fsp3) is 0.100. The maximum atomic E-state index is 13.0. The number of hydrogen-bond donors (Lipinski definition) is 0. The van der Waals surface area contributed by atoms with Crippen LogP contribution >= 0.6 is 23.2 Å². The van der Waals surface area contributed by atoms with E-state index in [9.17, 15) is 9.59 Å². The van der Waals surface area contributed by atoms with Gasteiger partial charge in [0, 0.05) is 35.3 Å². The fourth-order valence-corrected chi connectivity index (χ4v) is 3.86. The van der Waals surface area contributed by atoms with Gasteiger partial charge in [-0.2, -0.15) is 0 Å². The molecule has 2 aliphatic heterocycles. The van der Waals surface area contributed by atoms with E-state index in [1.54, 1.807) is 50.5 Å². The zero-order chi connectivity index (χ0) is 18.6. The summed E-state index contributed by atoms with van der Waals surface area (Å²) in [5, 5.41) is 1.09. The van der Waals surface area contributed by atoms with Crippen molar-refractivity contribution in [3.05, 3.63) is 80.8 Å². The summed E-state index contributed by atoms with van der Waals surface area (Å²) in [5.41, 5.74) is 3.40. The third-order valence-corrected chi connectivity index (χ3v) is 5.10. The largest absolute Gasteiger partial charge is 0.310 e. The third-order valence-electron chi connectivity index (χ3n) is 4.63. The lowest BCUT2D eigenvalue weighted by atomic mass is 10.0. The van der Waals surface area contributed by atoms with E-state index in [2.05, 4.69) is 0 Å². The molecule has 0 saturated carbocycles. The highest BCUT2D eigenvalue weighted by molar-refractivity contribution is 6.33. The lowest BCUT2D eigenvalue weighted by Gasteiger charge is -2.20. The van der Waals surface area contributed by atoms with Crippen molar-refractivity contribution in [3.63, 3.8) is 0 Å². The lowest BCUT2D eigenvalue weighted by Crippen LogP contribution is -2.25. The van der Waals surface area contributed by atoms with Gasteiger partial charge in [0.15, 0.2) is 0 Å². The van der Waals surface area contributed by atoms with Crippen LogP contribution in [0.25, 0.3) is 11.4 Å². The molecule has 0 saturated heterocycles. The van der Waals surface area contributed by atoms with E-state index in [4.69, 9.17) is 23.2 Å². The molecule has 0 fully saturated rings. The van der Waals surface area contributed by atoms with Gasteiger partial charge in [0.2, 0.25) is 0 Å². The quantitative estimate of drug-likeness (QED) is 0.783. The Morgan fingerprint density at radius 3 is 1.42 bits per heavy atom. The molecule has 0 spiro atoms. The van der Waals surface area contributed by atoms with E-state index < -0.39 is 0 Å². The first-order valence-electron chi connectivity index (χ1n) is 7.97. The molecule has 0 radical (unpaired) electrons. The highest BCUT2D eigenvalue weighted by atomic mass is 35.5. The van der Waals surface area contributed by atoms with Crippen LogP contribution < -0.4 is 0 Å². The van der Waals surface area contributed by atoms with Gasteiger partial charge in [-0.1, -0.05) is 47.5 Å². The van der Waals surface area contributed by atoms with Crippen LogP contribution in [0.1, 0.15) is 11.1 Å². The van der Waals surface area contributed by atoms with Crippen molar-refractivity contribution in [1.82, 2.24) is 9.80 Å². The van der Waals surface area contributed by atoms with Gasteiger partial charge in [0.05, 0.1) is 22.5 Å². The number of fused-ring (bicyclic) bond motifs is 1. The number of likely N-dealkylation sites (N-methyl/N-ethyl adjacent to an activating group) is 2. The number of carbonyl (C=O) groups is 2. The molecule has 2 aliphatic rings. The smallest absolute Gasteiger partial charge is 0.261 e. The van der Waals surface area contributed by atoms with Crippen molar-refractivity contribution < 1.29 is 9.59 Å². The van der Waals surface area contributed by atoms with Gasteiger partial charge in [-0.15, -0.1) is 0 Å². The number of halogens is 2. The molecule has 0 aromatic heterocycles. The second kappa shape index (κ2) is 6.01. The molecule has 2 aromatic rings. The fourth-order valence-electron chi connectivity index (χ4n) is 3.47. The van der Waals surface area contributed by atoms with Crippen LogP contribution in [-0.2, 0) is 9.59 Å². The molecule has 2 aromatic carbocycles. The Labute approximate surface area is 160 Å². The molecular formula is C20H14Cl2N2O2. The SMILES string of the molecule is CN1C(=O)C2=C(c3cccc(Cl)c3)N(C)C(=O)C2=C1c1cccc(Cl)c1. The molecule has 4 rings (SSSR count). The average Bonchev–Trinajstić information content (AvgIpc) is 3.01. The maximum Gasteiger partial charge on any atom is 0.261 e. The summed E-state index contributed by atoms with van der Waals surface area (Å²) in [6.07, 6.45) is 0. The van der Waals surface area contributed by atoms with Crippen LogP contribution in [-0.4, -0.2) is 35.7 Å². The van der Waals surface area contributed by atoms with Crippen molar-refractivity contribution in [2.75, 3.05) is 14.1 Å². The number of nitrogens with zero attached hydrogens (tertiary/aromatic N) is 2.